The van der Waals surface area contributed by atoms with Crippen molar-refractivity contribution in [1.82, 2.24) is 0 Å². The molecule has 0 saturated heterocycles. The molecule has 0 nitrogen and oxygen atoms in total. The standard InChI is InChI=1S/C18H20.C8H10/c1-14(2)18-12-15(3)11-17(13-18)10-9-16-7-5-4-6-8-16;1-2-8-6-4-3-5-7-8/h4-8,11-13H,1,9-10H2,2-3H3;3-7H,2H2,1H3. The summed E-state index contributed by atoms with van der Waals surface area (Å²) in [7, 11) is 0. The van der Waals surface area contributed by atoms with Gasteiger partial charge in [-0.05, 0) is 55.4 Å². The Morgan fingerprint density at radius 1 is 0.731 bits per heavy atom. The van der Waals surface area contributed by atoms with Gasteiger partial charge in [-0.25, -0.2) is 0 Å². The van der Waals surface area contributed by atoms with Crippen LogP contribution in [0.5, 0.6) is 0 Å². The maximum atomic E-state index is 4.03. The molecule has 0 aromatic heterocycles. The Bertz CT molecular complexity index is 798. The Balaban J connectivity index is 0.000000254. The van der Waals surface area contributed by atoms with Gasteiger partial charge in [0.15, 0.2) is 0 Å². The smallest absolute Gasteiger partial charge is 0.0228 e. The van der Waals surface area contributed by atoms with Crippen LogP contribution >= 0.6 is 0 Å². The maximum absolute atomic E-state index is 4.03. The SMILES string of the molecule is C=C(C)c1cc(C)cc(CCc2ccccc2)c1.CCc1ccccc1. The lowest BCUT2D eigenvalue weighted by Gasteiger charge is -2.07. The van der Waals surface area contributed by atoms with Gasteiger partial charge >= 0.3 is 0 Å². The molecule has 0 radical (unpaired) electrons. The Labute approximate surface area is 159 Å². The second kappa shape index (κ2) is 10.4. The topological polar surface area (TPSA) is 0 Å². The van der Waals surface area contributed by atoms with Crippen molar-refractivity contribution in [2.45, 2.75) is 40.0 Å². The number of aryl methyl sites for hydroxylation is 4. The minimum absolute atomic E-state index is 1.09. The van der Waals surface area contributed by atoms with Gasteiger partial charge in [0.25, 0.3) is 0 Å². The minimum Gasteiger partial charge on any atom is -0.0955 e. The summed E-state index contributed by atoms with van der Waals surface area (Å²) in [6.45, 7) is 10.4. The monoisotopic (exact) mass is 342 g/mol. The summed E-state index contributed by atoms with van der Waals surface area (Å²) in [6, 6.07) is 27.8. The summed E-state index contributed by atoms with van der Waals surface area (Å²) in [5, 5.41) is 0. The van der Waals surface area contributed by atoms with E-state index in [0.29, 0.717) is 0 Å². The maximum Gasteiger partial charge on any atom is -0.0228 e. The summed E-state index contributed by atoms with van der Waals surface area (Å²) >= 11 is 0. The summed E-state index contributed by atoms with van der Waals surface area (Å²) < 4.78 is 0. The molecule has 0 N–H and O–H groups in total. The van der Waals surface area contributed by atoms with Gasteiger partial charge in [-0.2, -0.15) is 0 Å². The molecular formula is C26H30. The molecule has 0 heterocycles. The van der Waals surface area contributed by atoms with Crippen molar-refractivity contribution >= 4 is 5.57 Å². The molecule has 0 saturated carbocycles. The number of rotatable bonds is 5. The van der Waals surface area contributed by atoms with Crippen LogP contribution in [0, 0.1) is 6.92 Å². The minimum atomic E-state index is 1.09. The van der Waals surface area contributed by atoms with Crippen molar-refractivity contribution in [3.63, 3.8) is 0 Å². The number of hydrogen-bond donors (Lipinski definition) is 0. The fourth-order valence-corrected chi connectivity index (χ4v) is 2.90. The van der Waals surface area contributed by atoms with Crippen LogP contribution in [-0.2, 0) is 19.3 Å². The molecule has 134 valence electrons. The third kappa shape index (κ3) is 6.72. The van der Waals surface area contributed by atoms with Crippen LogP contribution < -0.4 is 0 Å². The quantitative estimate of drug-likeness (QED) is 0.465. The van der Waals surface area contributed by atoms with Gasteiger partial charge in [-0.1, -0.05) is 104 Å². The summed E-state index contributed by atoms with van der Waals surface area (Å²) in [5.41, 5.74) is 7.93. The van der Waals surface area contributed by atoms with Crippen LogP contribution in [0.3, 0.4) is 0 Å². The fourth-order valence-electron chi connectivity index (χ4n) is 2.90. The normalized spacial score (nSPS) is 9.96. The van der Waals surface area contributed by atoms with Crippen LogP contribution in [0.25, 0.3) is 5.57 Å². The molecule has 0 heteroatoms. The van der Waals surface area contributed by atoms with Crippen molar-refractivity contribution < 1.29 is 0 Å². The Morgan fingerprint density at radius 2 is 1.27 bits per heavy atom. The Morgan fingerprint density at radius 3 is 1.77 bits per heavy atom. The highest BCUT2D eigenvalue weighted by Crippen LogP contribution is 2.18. The van der Waals surface area contributed by atoms with Gasteiger partial charge < -0.3 is 0 Å². The highest BCUT2D eigenvalue weighted by molar-refractivity contribution is 5.62. The molecule has 0 aliphatic rings. The van der Waals surface area contributed by atoms with E-state index in [1.54, 1.807) is 0 Å². The molecule has 3 aromatic carbocycles. The lowest BCUT2D eigenvalue weighted by molar-refractivity contribution is 0.957. The van der Waals surface area contributed by atoms with Crippen LogP contribution in [-0.4, -0.2) is 0 Å². The molecule has 0 spiro atoms. The van der Waals surface area contributed by atoms with Gasteiger partial charge in [0.05, 0.1) is 0 Å². The summed E-state index contributed by atoms with van der Waals surface area (Å²) in [5.74, 6) is 0. The largest absolute Gasteiger partial charge is 0.0955 e. The highest BCUT2D eigenvalue weighted by atomic mass is 14.1. The Kier molecular flexibility index (Phi) is 7.89. The van der Waals surface area contributed by atoms with E-state index in [9.17, 15) is 0 Å². The van der Waals surface area contributed by atoms with Crippen molar-refractivity contribution in [1.29, 1.82) is 0 Å². The lowest BCUT2D eigenvalue weighted by Crippen LogP contribution is -1.93. The van der Waals surface area contributed by atoms with Gasteiger partial charge in [0.2, 0.25) is 0 Å². The van der Waals surface area contributed by atoms with Gasteiger partial charge in [-0.15, -0.1) is 0 Å². The molecule has 0 amide bonds. The molecular weight excluding hydrogens is 312 g/mol. The van der Waals surface area contributed by atoms with E-state index in [0.717, 1.165) is 24.8 Å². The first-order valence-electron chi connectivity index (χ1n) is 9.42. The van der Waals surface area contributed by atoms with Crippen LogP contribution in [0.2, 0.25) is 0 Å². The molecule has 0 aliphatic heterocycles. The predicted molar refractivity (Wildman–Crippen MR) is 116 cm³/mol. The van der Waals surface area contributed by atoms with E-state index >= 15 is 0 Å². The molecule has 26 heavy (non-hydrogen) atoms. The molecule has 0 aliphatic carbocycles. The summed E-state index contributed by atoms with van der Waals surface area (Å²) in [4.78, 5) is 0. The first-order valence-corrected chi connectivity index (χ1v) is 9.42. The van der Waals surface area contributed by atoms with Crippen molar-refractivity contribution in [3.8, 4) is 0 Å². The average Bonchev–Trinajstić information content (AvgIpc) is 2.68. The molecule has 3 rings (SSSR count). The van der Waals surface area contributed by atoms with E-state index in [1.807, 2.05) is 6.07 Å². The predicted octanol–water partition coefficient (Wildman–Crippen LogP) is 7.06. The molecule has 0 fully saturated rings. The fraction of sp³-hybridized carbons (Fsp3) is 0.231. The zero-order chi connectivity index (χ0) is 18.8. The van der Waals surface area contributed by atoms with Crippen LogP contribution in [0.15, 0.2) is 85.4 Å². The van der Waals surface area contributed by atoms with Gasteiger partial charge in [0, 0.05) is 0 Å². The van der Waals surface area contributed by atoms with E-state index in [1.165, 1.54) is 27.8 Å². The van der Waals surface area contributed by atoms with E-state index < -0.39 is 0 Å². The average molecular weight is 343 g/mol. The Hall–Kier alpha value is -2.60. The zero-order valence-electron chi connectivity index (χ0n) is 16.3. The van der Waals surface area contributed by atoms with E-state index in [4.69, 9.17) is 0 Å². The van der Waals surface area contributed by atoms with Crippen molar-refractivity contribution in [3.05, 3.63) is 113 Å². The highest BCUT2D eigenvalue weighted by Gasteiger charge is 2.00. The van der Waals surface area contributed by atoms with Crippen molar-refractivity contribution in [2.75, 3.05) is 0 Å². The van der Waals surface area contributed by atoms with Gasteiger partial charge in [-0.3, -0.25) is 0 Å². The second-order valence-corrected chi connectivity index (χ2v) is 6.81. The summed E-state index contributed by atoms with van der Waals surface area (Å²) in [6.07, 6.45) is 3.33. The first kappa shape index (κ1) is 19.7. The third-order valence-electron chi connectivity index (χ3n) is 4.43. The number of allylic oxidation sites excluding steroid dienone is 1. The zero-order valence-corrected chi connectivity index (χ0v) is 16.3. The van der Waals surface area contributed by atoms with Gasteiger partial charge in [0.1, 0.15) is 0 Å². The lowest BCUT2D eigenvalue weighted by atomic mass is 9.98. The van der Waals surface area contributed by atoms with Crippen molar-refractivity contribution in [2.24, 2.45) is 0 Å². The van der Waals surface area contributed by atoms with Crippen LogP contribution in [0.1, 0.15) is 41.7 Å². The molecule has 3 aromatic rings. The van der Waals surface area contributed by atoms with E-state index in [2.05, 4.69) is 100 Å². The number of benzene rings is 3. The second-order valence-electron chi connectivity index (χ2n) is 6.81. The molecule has 0 unspecified atom stereocenters. The van der Waals surface area contributed by atoms with Crippen LogP contribution in [0.4, 0.5) is 0 Å². The first-order chi connectivity index (χ1) is 12.6. The molecule has 0 atom stereocenters. The number of hydrogen-bond acceptors (Lipinski definition) is 0. The third-order valence-corrected chi connectivity index (χ3v) is 4.43. The van der Waals surface area contributed by atoms with E-state index in [-0.39, 0.29) is 0 Å². The molecule has 0 bridgehead atoms.